The molecule has 6 nitrogen and oxygen atoms in total. The first kappa shape index (κ1) is 19.9. The number of anilines is 2. The Balaban J connectivity index is 1.63. The van der Waals surface area contributed by atoms with Crippen molar-refractivity contribution < 1.29 is 19.4 Å². The van der Waals surface area contributed by atoms with Crippen LogP contribution in [0.15, 0.2) is 66.7 Å². The van der Waals surface area contributed by atoms with Crippen molar-refractivity contribution in [3.05, 3.63) is 83.4 Å². The van der Waals surface area contributed by atoms with Crippen molar-refractivity contribution >= 4 is 23.2 Å². The number of nitrogens with one attached hydrogen (secondary N) is 2. The van der Waals surface area contributed by atoms with Crippen LogP contribution in [-0.4, -0.2) is 24.0 Å². The van der Waals surface area contributed by atoms with Gasteiger partial charge in [0.2, 0.25) is 5.91 Å². The normalized spacial score (nSPS) is 10.3. The topological polar surface area (TPSA) is 87.7 Å². The minimum Gasteiger partial charge on any atom is -0.506 e. The Bertz CT molecular complexity index is 1030. The average Bonchev–Trinajstić information content (AvgIpc) is 2.71. The summed E-state index contributed by atoms with van der Waals surface area (Å²) in [6.07, 6.45) is 0.191. The molecule has 148 valence electrons. The fraction of sp³-hybridized carbons (Fsp3) is 0.130. The SMILES string of the molecule is COc1ccc(CC(=O)Nc2ccc(NC(=O)c3ccccc3C)c(O)c2)cc1. The van der Waals surface area contributed by atoms with E-state index in [4.69, 9.17) is 4.74 Å². The number of phenols is 1. The Kier molecular flexibility index (Phi) is 6.14. The number of hydrogen-bond acceptors (Lipinski definition) is 4. The molecule has 0 aliphatic rings. The molecule has 0 heterocycles. The molecule has 3 aromatic rings. The minimum absolute atomic E-state index is 0.130. The van der Waals surface area contributed by atoms with Gasteiger partial charge in [-0.1, -0.05) is 30.3 Å². The van der Waals surface area contributed by atoms with Crippen LogP contribution < -0.4 is 15.4 Å². The summed E-state index contributed by atoms with van der Waals surface area (Å²) in [6.45, 7) is 1.84. The van der Waals surface area contributed by atoms with Gasteiger partial charge in [-0.15, -0.1) is 0 Å². The summed E-state index contributed by atoms with van der Waals surface area (Å²) in [4.78, 5) is 24.6. The number of amides is 2. The Morgan fingerprint density at radius 1 is 0.966 bits per heavy atom. The van der Waals surface area contributed by atoms with E-state index in [0.717, 1.165) is 16.9 Å². The minimum atomic E-state index is -0.310. The molecule has 3 N–H and O–H groups in total. The van der Waals surface area contributed by atoms with E-state index in [1.807, 2.05) is 31.2 Å². The van der Waals surface area contributed by atoms with Crippen LogP contribution in [0, 0.1) is 6.92 Å². The molecule has 6 heteroatoms. The van der Waals surface area contributed by atoms with Crippen LogP contribution in [0.25, 0.3) is 0 Å². The second kappa shape index (κ2) is 8.93. The van der Waals surface area contributed by atoms with Gasteiger partial charge in [0.15, 0.2) is 0 Å². The van der Waals surface area contributed by atoms with E-state index in [1.54, 1.807) is 43.5 Å². The predicted octanol–water partition coefficient (Wildman–Crippen LogP) is 4.14. The number of hydrogen-bond donors (Lipinski definition) is 3. The lowest BCUT2D eigenvalue weighted by Crippen LogP contribution is -2.15. The summed E-state index contributed by atoms with van der Waals surface area (Å²) >= 11 is 0. The number of methoxy groups -OCH3 is 1. The van der Waals surface area contributed by atoms with E-state index >= 15 is 0 Å². The van der Waals surface area contributed by atoms with Crippen molar-refractivity contribution in [2.75, 3.05) is 17.7 Å². The second-order valence-corrected chi connectivity index (χ2v) is 6.57. The lowest BCUT2D eigenvalue weighted by atomic mass is 10.1. The number of phenolic OH excluding ortho intramolecular Hbond substituents is 1. The zero-order valence-corrected chi connectivity index (χ0v) is 16.2. The fourth-order valence-electron chi connectivity index (χ4n) is 2.87. The predicted molar refractivity (Wildman–Crippen MR) is 113 cm³/mol. The quantitative estimate of drug-likeness (QED) is 0.552. The average molecular weight is 390 g/mol. The van der Waals surface area contributed by atoms with E-state index in [1.165, 1.54) is 6.07 Å². The summed E-state index contributed by atoms with van der Waals surface area (Å²) < 4.78 is 5.10. The maximum atomic E-state index is 12.4. The van der Waals surface area contributed by atoms with E-state index < -0.39 is 0 Å². The third kappa shape index (κ3) is 5.13. The number of carbonyl (C=O) groups is 2. The highest BCUT2D eigenvalue weighted by atomic mass is 16.5. The van der Waals surface area contributed by atoms with Gasteiger partial charge in [-0.3, -0.25) is 9.59 Å². The van der Waals surface area contributed by atoms with Crippen molar-refractivity contribution in [3.8, 4) is 11.5 Å². The molecular formula is C23H22N2O4. The van der Waals surface area contributed by atoms with Crippen molar-refractivity contribution in [1.82, 2.24) is 0 Å². The van der Waals surface area contributed by atoms with Crippen LogP contribution in [-0.2, 0) is 11.2 Å². The van der Waals surface area contributed by atoms with Crippen molar-refractivity contribution in [3.63, 3.8) is 0 Å². The van der Waals surface area contributed by atoms with Crippen molar-refractivity contribution in [2.45, 2.75) is 13.3 Å². The highest BCUT2D eigenvalue weighted by Gasteiger charge is 2.12. The highest BCUT2D eigenvalue weighted by Crippen LogP contribution is 2.27. The molecule has 29 heavy (non-hydrogen) atoms. The van der Waals surface area contributed by atoms with E-state index in [2.05, 4.69) is 10.6 Å². The summed E-state index contributed by atoms with van der Waals surface area (Å²) in [5.74, 6) is 0.0672. The van der Waals surface area contributed by atoms with Gasteiger partial charge in [0.05, 0.1) is 19.2 Å². The second-order valence-electron chi connectivity index (χ2n) is 6.57. The molecule has 0 saturated carbocycles. The number of benzene rings is 3. The molecule has 3 aromatic carbocycles. The van der Waals surface area contributed by atoms with Crippen LogP contribution in [0.4, 0.5) is 11.4 Å². The third-order valence-electron chi connectivity index (χ3n) is 4.44. The highest BCUT2D eigenvalue weighted by molar-refractivity contribution is 6.06. The first-order chi connectivity index (χ1) is 14.0. The van der Waals surface area contributed by atoms with Gasteiger partial charge in [-0.25, -0.2) is 0 Å². The first-order valence-corrected chi connectivity index (χ1v) is 9.09. The lowest BCUT2D eigenvalue weighted by molar-refractivity contribution is -0.115. The van der Waals surface area contributed by atoms with Crippen LogP contribution in [0.1, 0.15) is 21.5 Å². The molecule has 0 aromatic heterocycles. The number of aromatic hydroxyl groups is 1. The molecule has 2 amide bonds. The number of aryl methyl sites for hydroxylation is 1. The third-order valence-corrected chi connectivity index (χ3v) is 4.44. The molecule has 0 atom stereocenters. The maximum Gasteiger partial charge on any atom is 0.256 e. The van der Waals surface area contributed by atoms with Crippen LogP contribution in [0.5, 0.6) is 11.5 Å². The molecule has 0 radical (unpaired) electrons. The lowest BCUT2D eigenvalue weighted by Gasteiger charge is -2.11. The number of carbonyl (C=O) groups excluding carboxylic acids is 2. The molecule has 0 bridgehead atoms. The molecule has 3 rings (SSSR count). The van der Waals surface area contributed by atoms with Gasteiger partial charge in [0, 0.05) is 17.3 Å². The van der Waals surface area contributed by atoms with Gasteiger partial charge in [0.25, 0.3) is 5.91 Å². The van der Waals surface area contributed by atoms with Crippen LogP contribution >= 0.6 is 0 Å². The van der Waals surface area contributed by atoms with Gasteiger partial charge in [0.1, 0.15) is 11.5 Å². The molecule has 0 aliphatic heterocycles. The summed E-state index contributed by atoms with van der Waals surface area (Å²) in [5.41, 5.74) is 2.92. The maximum absolute atomic E-state index is 12.4. The zero-order valence-electron chi connectivity index (χ0n) is 16.2. The zero-order chi connectivity index (χ0) is 20.8. The Morgan fingerprint density at radius 2 is 1.69 bits per heavy atom. The standard InChI is InChI=1S/C23H22N2O4/c1-15-5-3-4-6-19(15)23(28)25-20-12-9-17(14-21(20)26)24-22(27)13-16-7-10-18(29-2)11-8-16/h3-12,14,26H,13H2,1-2H3,(H,24,27)(H,25,28). The van der Waals surface area contributed by atoms with Crippen LogP contribution in [0.2, 0.25) is 0 Å². The summed E-state index contributed by atoms with van der Waals surface area (Å²) in [6, 6.07) is 19.0. The monoisotopic (exact) mass is 390 g/mol. The van der Waals surface area contributed by atoms with Gasteiger partial charge in [-0.05, 0) is 48.4 Å². The summed E-state index contributed by atoms with van der Waals surface area (Å²) in [7, 11) is 1.58. The molecule has 0 spiro atoms. The molecule has 0 fully saturated rings. The first-order valence-electron chi connectivity index (χ1n) is 9.09. The Hall–Kier alpha value is -3.80. The largest absolute Gasteiger partial charge is 0.506 e. The van der Waals surface area contributed by atoms with E-state index in [9.17, 15) is 14.7 Å². The van der Waals surface area contributed by atoms with E-state index in [-0.39, 0.29) is 29.7 Å². The van der Waals surface area contributed by atoms with Gasteiger partial charge < -0.3 is 20.5 Å². The molecular weight excluding hydrogens is 368 g/mol. The number of rotatable bonds is 6. The molecule has 0 saturated heterocycles. The van der Waals surface area contributed by atoms with Crippen LogP contribution in [0.3, 0.4) is 0 Å². The molecule has 0 aliphatic carbocycles. The Labute approximate surface area is 169 Å². The van der Waals surface area contributed by atoms with E-state index in [0.29, 0.717) is 11.3 Å². The Morgan fingerprint density at radius 3 is 2.34 bits per heavy atom. The molecule has 0 unspecified atom stereocenters. The fourth-order valence-corrected chi connectivity index (χ4v) is 2.87. The van der Waals surface area contributed by atoms with Crippen molar-refractivity contribution in [1.29, 1.82) is 0 Å². The number of ether oxygens (including phenoxy) is 1. The van der Waals surface area contributed by atoms with Gasteiger partial charge >= 0.3 is 0 Å². The van der Waals surface area contributed by atoms with Crippen molar-refractivity contribution in [2.24, 2.45) is 0 Å². The van der Waals surface area contributed by atoms with Gasteiger partial charge in [-0.2, -0.15) is 0 Å². The smallest absolute Gasteiger partial charge is 0.256 e. The summed E-state index contributed by atoms with van der Waals surface area (Å²) in [5, 5.41) is 15.7.